The van der Waals surface area contributed by atoms with Crippen molar-refractivity contribution in [2.75, 3.05) is 31.1 Å². The molecule has 1 aromatic carbocycles. The number of imidazole rings is 1. The Kier molecular flexibility index (Phi) is 5.06. The van der Waals surface area contributed by atoms with Crippen LogP contribution in [0.3, 0.4) is 0 Å². The van der Waals surface area contributed by atoms with Crippen LogP contribution in [0.4, 0.5) is 5.95 Å². The molecule has 1 aliphatic rings. The fourth-order valence-corrected chi connectivity index (χ4v) is 3.98. The third kappa shape index (κ3) is 3.39. The zero-order valence-electron chi connectivity index (χ0n) is 17.6. The van der Waals surface area contributed by atoms with Crippen LogP contribution >= 0.6 is 11.6 Å². The number of nitrogens with zero attached hydrogens (tertiary/aromatic N) is 7. The van der Waals surface area contributed by atoms with Crippen LogP contribution in [0.2, 0.25) is 5.02 Å². The van der Waals surface area contributed by atoms with Gasteiger partial charge in [0.2, 0.25) is 17.7 Å². The van der Waals surface area contributed by atoms with E-state index in [-0.39, 0.29) is 6.54 Å². The highest BCUT2D eigenvalue weighted by Gasteiger charge is 2.25. The smallest absolute Gasteiger partial charge is 0.332 e. The zero-order chi connectivity index (χ0) is 22.4. The monoisotopic (exact) mass is 456 g/mol. The number of aromatic nitrogens is 6. The Morgan fingerprint density at radius 1 is 1.06 bits per heavy atom. The normalized spacial score (nSPS) is 14.4. The summed E-state index contributed by atoms with van der Waals surface area (Å²) in [5.74, 6) is 1.26. The highest BCUT2D eigenvalue weighted by atomic mass is 35.5. The highest BCUT2D eigenvalue weighted by Crippen LogP contribution is 2.24. The Hall–Kier alpha value is -3.44. The molecule has 12 heteroatoms. The van der Waals surface area contributed by atoms with Crippen molar-refractivity contribution >= 4 is 28.7 Å². The number of hydrogen-bond donors (Lipinski definition) is 1. The number of piperazine rings is 1. The minimum atomic E-state index is -0.429. The average Bonchev–Trinajstić information content (AvgIpc) is 3.43. The van der Waals surface area contributed by atoms with E-state index < -0.39 is 11.2 Å². The lowest BCUT2D eigenvalue weighted by Crippen LogP contribution is -2.44. The lowest BCUT2D eigenvalue weighted by Gasteiger charge is -2.28. The molecule has 32 heavy (non-hydrogen) atoms. The Morgan fingerprint density at radius 2 is 1.78 bits per heavy atom. The van der Waals surface area contributed by atoms with Crippen LogP contribution in [-0.4, -0.2) is 55.1 Å². The molecule has 4 aromatic rings. The van der Waals surface area contributed by atoms with E-state index in [1.807, 2.05) is 0 Å². The van der Waals surface area contributed by atoms with Crippen LogP contribution in [-0.2, 0) is 20.6 Å². The van der Waals surface area contributed by atoms with Crippen molar-refractivity contribution in [1.82, 2.24) is 34.2 Å². The number of anilines is 1. The highest BCUT2D eigenvalue weighted by molar-refractivity contribution is 6.30. The van der Waals surface area contributed by atoms with Crippen molar-refractivity contribution in [3.05, 3.63) is 56.0 Å². The zero-order valence-corrected chi connectivity index (χ0v) is 18.3. The molecule has 0 bridgehead atoms. The molecule has 0 atom stereocenters. The molecule has 0 amide bonds. The maximum atomic E-state index is 13.0. The molecule has 3 aromatic heterocycles. The molecule has 11 nitrogen and oxygen atoms in total. The minimum Gasteiger partial charge on any atom is -0.419 e. The van der Waals surface area contributed by atoms with Gasteiger partial charge in [-0.05, 0) is 24.3 Å². The van der Waals surface area contributed by atoms with Crippen molar-refractivity contribution in [2.45, 2.75) is 6.54 Å². The van der Waals surface area contributed by atoms with Gasteiger partial charge in [0.25, 0.3) is 5.56 Å². The summed E-state index contributed by atoms with van der Waals surface area (Å²) in [5, 5.41) is 12.2. The first-order chi connectivity index (χ1) is 15.4. The molecule has 5 rings (SSSR count). The van der Waals surface area contributed by atoms with Crippen LogP contribution in [0, 0.1) is 0 Å². The van der Waals surface area contributed by atoms with Crippen molar-refractivity contribution in [2.24, 2.45) is 14.1 Å². The molecular weight excluding hydrogens is 436 g/mol. The second kappa shape index (κ2) is 7.92. The molecule has 1 aliphatic heterocycles. The van der Waals surface area contributed by atoms with Gasteiger partial charge >= 0.3 is 5.69 Å². The van der Waals surface area contributed by atoms with Crippen LogP contribution in [0.5, 0.6) is 0 Å². The molecule has 1 N–H and O–H groups in total. The van der Waals surface area contributed by atoms with Gasteiger partial charge in [0.15, 0.2) is 11.2 Å². The number of halogens is 1. The quantitative estimate of drug-likeness (QED) is 0.474. The molecule has 0 saturated carbocycles. The maximum Gasteiger partial charge on any atom is 0.332 e. The fraction of sp³-hybridized carbons (Fsp3) is 0.350. The molecule has 0 spiro atoms. The number of benzene rings is 1. The number of rotatable bonds is 4. The van der Waals surface area contributed by atoms with E-state index in [4.69, 9.17) is 16.0 Å². The van der Waals surface area contributed by atoms with Crippen molar-refractivity contribution in [3.63, 3.8) is 0 Å². The van der Waals surface area contributed by atoms with E-state index in [2.05, 4.69) is 25.4 Å². The standard InChI is InChI=1S/C20H21ClN8O3/c1-26-16-15(18(30)27(2)20(26)31)29(19(23-16)28-9-7-22-8-10-28)11-14-24-25-17(32-14)12-3-5-13(21)6-4-12/h3-6,22H,7-11H2,1-2H3. The van der Waals surface area contributed by atoms with Crippen molar-refractivity contribution < 1.29 is 4.42 Å². The van der Waals surface area contributed by atoms with Gasteiger partial charge in [-0.2, -0.15) is 4.98 Å². The number of nitrogens with one attached hydrogen (secondary N) is 1. The predicted octanol–water partition coefficient (Wildman–Crippen LogP) is 0.595. The third-order valence-corrected chi connectivity index (χ3v) is 5.83. The number of fused-ring (bicyclic) bond motifs is 1. The summed E-state index contributed by atoms with van der Waals surface area (Å²) in [6.45, 7) is 3.17. The van der Waals surface area contributed by atoms with Crippen LogP contribution in [0.1, 0.15) is 5.89 Å². The maximum absolute atomic E-state index is 13.0. The lowest BCUT2D eigenvalue weighted by atomic mass is 10.2. The van der Waals surface area contributed by atoms with Crippen LogP contribution in [0.15, 0.2) is 38.3 Å². The van der Waals surface area contributed by atoms with Crippen molar-refractivity contribution in [1.29, 1.82) is 0 Å². The molecule has 1 fully saturated rings. The number of hydrogen-bond acceptors (Lipinski definition) is 8. The average molecular weight is 457 g/mol. The van der Waals surface area contributed by atoms with Gasteiger partial charge < -0.3 is 14.6 Å². The Bertz CT molecular complexity index is 1410. The Morgan fingerprint density at radius 3 is 2.50 bits per heavy atom. The number of aryl methyl sites for hydroxylation is 1. The van der Waals surface area contributed by atoms with Gasteiger partial charge in [0.05, 0.1) is 0 Å². The summed E-state index contributed by atoms with van der Waals surface area (Å²) < 4.78 is 10.1. The van der Waals surface area contributed by atoms with E-state index in [1.165, 1.54) is 11.6 Å². The Labute approximate surface area is 186 Å². The summed E-state index contributed by atoms with van der Waals surface area (Å²) in [7, 11) is 3.06. The van der Waals surface area contributed by atoms with Gasteiger partial charge in [-0.1, -0.05) is 11.6 Å². The molecule has 0 radical (unpaired) electrons. The van der Waals surface area contributed by atoms with Gasteiger partial charge in [0.1, 0.15) is 6.54 Å². The van der Waals surface area contributed by atoms with Gasteiger partial charge in [-0.25, -0.2) is 4.79 Å². The summed E-state index contributed by atoms with van der Waals surface area (Å²) in [4.78, 5) is 32.2. The SMILES string of the molecule is Cn1c(=O)c2c(nc(N3CCNCC3)n2Cc2nnc(-c3ccc(Cl)cc3)o2)n(C)c1=O. The molecule has 4 heterocycles. The van der Waals surface area contributed by atoms with Crippen molar-refractivity contribution in [3.8, 4) is 11.5 Å². The summed E-state index contributed by atoms with van der Waals surface area (Å²) in [6.07, 6.45) is 0. The van der Waals surface area contributed by atoms with E-state index in [0.29, 0.717) is 33.9 Å². The second-order valence-corrected chi connectivity index (χ2v) is 8.06. The van der Waals surface area contributed by atoms with E-state index >= 15 is 0 Å². The summed E-state index contributed by atoms with van der Waals surface area (Å²) in [5.41, 5.74) is 0.527. The van der Waals surface area contributed by atoms with E-state index in [0.717, 1.165) is 36.3 Å². The summed E-state index contributed by atoms with van der Waals surface area (Å²) >= 11 is 5.96. The predicted molar refractivity (Wildman–Crippen MR) is 119 cm³/mol. The third-order valence-electron chi connectivity index (χ3n) is 5.58. The fourth-order valence-electron chi connectivity index (χ4n) is 3.85. The van der Waals surface area contributed by atoms with Crippen LogP contribution in [0.25, 0.3) is 22.6 Å². The Balaban J connectivity index is 1.63. The molecule has 0 aliphatic carbocycles. The van der Waals surface area contributed by atoms with Crippen LogP contribution < -0.4 is 21.5 Å². The largest absolute Gasteiger partial charge is 0.419 e. The van der Waals surface area contributed by atoms with Gasteiger partial charge in [-0.3, -0.25) is 18.5 Å². The molecular formula is C20H21ClN8O3. The first-order valence-corrected chi connectivity index (χ1v) is 10.5. The van der Waals surface area contributed by atoms with Gasteiger partial charge in [0, 0.05) is 50.9 Å². The first-order valence-electron chi connectivity index (χ1n) is 10.1. The topological polar surface area (TPSA) is 116 Å². The second-order valence-electron chi connectivity index (χ2n) is 7.62. The molecule has 166 valence electrons. The molecule has 0 unspecified atom stereocenters. The lowest BCUT2D eigenvalue weighted by molar-refractivity contribution is 0.487. The minimum absolute atomic E-state index is 0.143. The summed E-state index contributed by atoms with van der Waals surface area (Å²) in [6, 6.07) is 7.08. The molecule has 1 saturated heterocycles. The van der Waals surface area contributed by atoms with E-state index in [9.17, 15) is 9.59 Å². The van der Waals surface area contributed by atoms with Gasteiger partial charge in [-0.15, -0.1) is 10.2 Å². The first kappa shape index (κ1) is 20.5. The van der Waals surface area contributed by atoms with E-state index in [1.54, 1.807) is 35.9 Å².